The summed E-state index contributed by atoms with van der Waals surface area (Å²) in [6, 6.07) is 15.0. The molecule has 2 heterocycles. The Bertz CT molecular complexity index is 1350. The second kappa shape index (κ2) is 11.8. The van der Waals surface area contributed by atoms with Crippen LogP contribution >= 0.6 is 27.5 Å². The summed E-state index contributed by atoms with van der Waals surface area (Å²) in [6.45, 7) is 7.03. The van der Waals surface area contributed by atoms with Crippen LogP contribution in [0.5, 0.6) is 0 Å². The number of amides is 2. The zero-order chi connectivity index (χ0) is 27.4. The van der Waals surface area contributed by atoms with E-state index in [0.29, 0.717) is 48.0 Å². The topological polar surface area (TPSA) is 72.0 Å². The third-order valence-corrected chi connectivity index (χ3v) is 6.70. The van der Waals surface area contributed by atoms with Gasteiger partial charge in [0.1, 0.15) is 5.60 Å². The van der Waals surface area contributed by atoms with E-state index in [0.717, 1.165) is 15.4 Å². The van der Waals surface area contributed by atoms with Gasteiger partial charge in [-0.1, -0.05) is 45.7 Å². The van der Waals surface area contributed by atoms with Gasteiger partial charge in [0.15, 0.2) is 0 Å². The Labute approximate surface area is 236 Å². The maximum atomic E-state index is 13.7. The molecule has 200 valence electrons. The van der Waals surface area contributed by atoms with E-state index in [-0.39, 0.29) is 18.1 Å². The average molecular weight is 601 g/mol. The molecule has 4 rings (SSSR count). The lowest BCUT2D eigenvalue weighted by molar-refractivity contribution is -0.0482. The van der Waals surface area contributed by atoms with E-state index < -0.39 is 5.60 Å². The number of ether oxygens (including phenoxy) is 2. The second-order valence-corrected chi connectivity index (χ2v) is 11.6. The van der Waals surface area contributed by atoms with Crippen molar-refractivity contribution in [1.82, 2.24) is 14.8 Å². The van der Waals surface area contributed by atoms with E-state index in [1.807, 2.05) is 75.4 Å². The van der Waals surface area contributed by atoms with Crippen molar-refractivity contribution in [1.29, 1.82) is 0 Å². The maximum Gasteiger partial charge on any atom is 0.410 e. The molecular formula is C29H31BrClN3O4. The SMILES string of the molecule is CN(CC1CN(C(=O)OC(C)(C)C)CCO1)C(=O)c1cc(/C=C/c2ccc(Cl)cc2)nc2ccc(Br)cc12. The van der Waals surface area contributed by atoms with Crippen LogP contribution in [0.15, 0.2) is 53.0 Å². The van der Waals surface area contributed by atoms with Crippen molar-refractivity contribution >= 4 is 62.6 Å². The average Bonchev–Trinajstić information content (AvgIpc) is 2.86. The Morgan fingerprint density at radius 1 is 1.18 bits per heavy atom. The fourth-order valence-corrected chi connectivity index (χ4v) is 4.64. The van der Waals surface area contributed by atoms with E-state index in [1.165, 1.54) is 0 Å². The molecule has 3 aromatic rings. The van der Waals surface area contributed by atoms with Crippen molar-refractivity contribution < 1.29 is 19.1 Å². The predicted octanol–water partition coefficient (Wildman–Crippen LogP) is 6.53. The van der Waals surface area contributed by atoms with E-state index in [4.69, 9.17) is 26.1 Å². The number of morpholine rings is 1. The van der Waals surface area contributed by atoms with Gasteiger partial charge in [-0.15, -0.1) is 0 Å². The molecular weight excluding hydrogens is 570 g/mol. The molecule has 2 aromatic carbocycles. The van der Waals surface area contributed by atoms with E-state index in [2.05, 4.69) is 15.9 Å². The summed E-state index contributed by atoms with van der Waals surface area (Å²) in [5.41, 5.74) is 2.31. The molecule has 2 amide bonds. The predicted molar refractivity (Wildman–Crippen MR) is 154 cm³/mol. The van der Waals surface area contributed by atoms with Gasteiger partial charge in [-0.25, -0.2) is 9.78 Å². The van der Waals surface area contributed by atoms with Gasteiger partial charge in [-0.2, -0.15) is 0 Å². The van der Waals surface area contributed by atoms with Crippen molar-refractivity contribution in [2.75, 3.05) is 33.3 Å². The zero-order valence-corrected chi connectivity index (χ0v) is 24.3. The molecule has 9 heteroatoms. The smallest absolute Gasteiger partial charge is 0.410 e. The monoisotopic (exact) mass is 599 g/mol. The minimum atomic E-state index is -0.575. The summed E-state index contributed by atoms with van der Waals surface area (Å²) in [5, 5.41) is 1.42. The lowest BCUT2D eigenvalue weighted by Gasteiger charge is -2.35. The molecule has 1 saturated heterocycles. The zero-order valence-electron chi connectivity index (χ0n) is 21.9. The van der Waals surface area contributed by atoms with Crippen molar-refractivity contribution in [3.63, 3.8) is 0 Å². The molecule has 0 radical (unpaired) electrons. The molecule has 0 bridgehead atoms. The lowest BCUT2D eigenvalue weighted by atomic mass is 10.1. The highest BCUT2D eigenvalue weighted by Crippen LogP contribution is 2.25. The molecule has 1 atom stereocenters. The number of likely N-dealkylation sites (N-methyl/N-ethyl adjacent to an activating group) is 1. The molecule has 1 fully saturated rings. The number of benzene rings is 2. The van der Waals surface area contributed by atoms with Crippen LogP contribution in [0.3, 0.4) is 0 Å². The molecule has 7 nitrogen and oxygen atoms in total. The first-order valence-electron chi connectivity index (χ1n) is 12.4. The summed E-state index contributed by atoms with van der Waals surface area (Å²) in [6.07, 6.45) is 3.11. The van der Waals surface area contributed by atoms with Crippen LogP contribution in [0.1, 0.15) is 42.4 Å². The summed E-state index contributed by atoms with van der Waals surface area (Å²) in [4.78, 5) is 34.2. The van der Waals surface area contributed by atoms with Crippen molar-refractivity contribution in [2.45, 2.75) is 32.5 Å². The number of hydrogen-bond acceptors (Lipinski definition) is 5. The van der Waals surface area contributed by atoms with E-state index in [9.17, 15) is 9.59 Å². The second-order valence-electron chi connectivity index (χ2n) is 10.2. The third kappa shape index (κ3) is 7.34. The number of hydrogen-bond donors (Lipinski definition) is 0. The number of carbonyl (C=O) groups is 2. The fraction of sp³-hybridized carbons (Fsp3) is 0.345. The minimum absolute atomic E-state index is 0.158. The first-order chi connectivity index (χ1) is 18.0. The molecule has 1 unspecified atom stereocenters. The van der Waals surface area contributed by atoms with Crippen LogP contribution < -0.4 is 0 Å². The van der Waals surface area contributed by atoms with Gasteiger partial charge in [-0.3, -0.25) is 4.79 Å². The highest BCUT2D eigenvalue weighted by Gasteiger charge is 2.30. The normalized spacial score (nSPS) is 16.2. The number of rotatable bonds is 5. The third-order valence-electron chi connectivity index (χ3n) is 5.95. The molecule has 0 saturated carbocycles. The van der Waals surface area contributed by atoms with Crippen LogP contribution in [-0.4, -0.2) is 71.8 Å². The van der Waals surface area contributed by atoms with Crippen molar-refractivity contribution in [2.24, 2.45) is 0 Å². The maximum absolute atomic E-state index is 13.7. The molecule has 1 aromatic heterocycles. The minimum Gasteiger partial charge on any atom is -0.444 e. The van der Waals surface area contributed by atoms with Crippen LogP contribution in [0.25, 0.3) is 23.1 Å². The number of pyridine rings is 1. The van der Waals surface area contributed by atoms with Gasteiger partial charge < -0.3 is 19.3 Å². The number of aromatic nitrogens is 1. The Kier molecular flexibility index (Phi) is 8.75. The Morgan fingerprint density at radius 3 is 2.63 bits per heavy atom. The Balaban J connectivity index is 1.54. The van der Waals surface area contributed by atoms with Gasteiger partial charge in [0.25, 0.3) is 5.91 Å². The quantitative estimate of drug-likeness (QED) is 0.333. The van der Waals surface area contributed by atoms with E-state index >= 15 is 0 Å². The number of fused-ring (bicyclic) bond motifs is 1. The van der Waals surface area contributed by atoms with Crippen LogP contribution in [-0.2, 0) is 9.47 Å². The first kappa shape index (κ1) is 28.1. The van der Waals surface area contributed by atoms with Gasteiger partial charge in [-0.05, 0) is 68.8 Å². The largest absolute Gasteiger partial charge is 0.444 e. The molecule has 0 aliphatic carbocycles. The van der Waals surface area contributed by atoms with Crippen LogP contribution in [0.4, 0.5) is 4.79 Å². The van der Waals surface area contributed by atoms with Crippen molar-refractivity contribution in [3.8, 4) is 0 Å². The summed E-state index contributed by atoms with van der Waals surface area (Å²) in [7, 11) is 1.74. The van der Waals surface area contributed by atoms with Crippen molar-refractivity contribution in [3.05, 3.63) is 74.8 Å². The molecule has 0 spiro atoms. The Morgan fingerprint density at radius 2 is 1.92 bits per heavy atom. The number of halogens is 2. The number of nitrogens with zero attached hydrogens (tertiary/aromatic N) is 3. The highest BCUT2D eigenvalue weighted by molar-refractivity contribution is 9.10. The number of carbonyl (C=O) groups excluding carboxylic acids is 2. The molecule has 38 heavy (non-hydrogen) atoms. The Hall–Kier alpha value is -2.94. The molecule has 1 aliphatic heterocycles. The summed E-state index contributed by atoms with van der Waals surface area (Å²) in [5.74, 6) is -0.158. The van der Waals surface area contributed by atoms with Gasteiger partial charge in [0, 0.05) is 35.0 Å². The van der Waals surface area contributed by atoms with Gasteiger partial charge in [0.2, 0.25) is 0 Å². The van der Waals surface area contributed by atoms with Crippen LogP contribution in [0.2, 0.25) is 5.02 Å². The van der Waals surface area contributed by atoms with Gasteiger partial charge >= 0.3 is 6.09 Å². The highest BCUT2D eigenvalue weighted by atomic mass is 79.9. The fourth-order valence-electron chi connectivity index (χ4n) is 4.15. The summed E-state index contributed by atoms with van der Waals surface area (Å²) >= 11 is 9.51. The van der Waals surface area contributed by atoms with Gasteiger partial charge in [0.05, 0.1) is 36.0 Å². The van der Waals surface area contributed by atoms with E-state index in [1.54, 1.807) is 22.9 Å². The standard InChI is InChI=1S/C29H31BrClN3O4/c1-29(2,3)38-28(36)34-13-14-37-23(18-34)17-33(4)27(35)25-16-22(11-7-19-5-9-21(31)10-6-19)32-26-12-8-20(30)15-24(25)26/h5-12,15-16,23H,13-14,17-18H2,1-4H3/b11-7+. The van der Waals surface area contributed by atoms with Crippen LogP contribution in [0, 0.1) is 0 Å². The molecule has 0 N–H and O–H groups in total. The summed E-state index contributed by atoms with van der Waals surface area (Å²) < 4.78 is 12.3. The lowest BCUT2D eigenvalue weighted by Crippen LogP contribution is -2.51. The molecule has 1 aliphatic rings. The first-order valence-corrected chi connectivity index (χ1v) is 13.5.